The van der Waals surface area contributed by atoms with Gasteiger partial charge in [-0.2, -0.15) is 11.8 Å². The smallest absolute Gasteiger partial charge is 0.111 e. The Morgan fingerprint density at radius 2 is 2.17 bits per heavy atom. The van der Waals surface area contributed by atoms with Crippen LogP contribution in [-0.4, -0.2) is 29.3 Å². The molecule has 1 aliphatic heterocycles. The van der Waals surface area contributed by atoms with E-state index in [1.807, 2.05) is 11.8 Å². The van der Waals surface area contributed by atoms with Gasteiger partial charge in [0.25, 0.3) is 0 Å². The molecule has 0 aromatic heterocycles. The number of rotatable bonds is 2. The van der Waals surface area contributed by atoms with Gasteiger partial charge in [-0.3, -0.25) is 0 Å². The number of nitrogens with one attached hydrogen (secondary N) is 1. The van der Waals surface area contributed by atoms with Crippen LogP contribution in [0.25, 0.3) is 0 Å². The Balaban J connectivity index is 1.69. The number of halogens is 1. The average molecular weight is 189 g/mol. The van der Waals surface area contributed by atoms with Gasteiger partial charge in [0.05, 0.1) is 0 Å². The quantitative estimate of drug-likeness (QED) is 0.713. The van der Waals surface area contributed by atoms with Gasteiger partial charge in [-0.05, 0) is 31.9 Å². The zero-order valence-corrected chi connectivity index (χ0v) is 8.29. The van der Waals surface area contributed by atoms with Crippen molar-refractivity contribution in [3.63, 3.8) is 0 Å². The summed E-state index contributed by atoms with van der Waals surface area (Å²) >= 11 is 2.00. The molecule has 1 saturated heterocycles. The standard InChI is InChI=1S/C9H16FNS/c1-9(10)4-8(5-9)11-7-2-3-12-6-7/h7-8,11H,2-6H2,1H3. The minimum absolute atomic E-state index is 0.462. The van der Waals surface area contributed by atoms with E-state index in [1.165, 1.54) is 17.9 Å². The molecule has 1 nitrogen and oxygen atoms in total. The SMILES string of the molecule is CC1(F)CC(NC2CCSC2)C1. The maximum absolute atomic E-state index is 13.1. The Morgan fingerprint density at radius 3 is 2.67 bits per heavy atom. The van der Waals surface area contributed by atoms with Crippen LogP contribution in [0.1, 0.15) is 26.2 Å². The summed E-state index contributed by atoms with van der Waals surface area (Å²) in [6.45, 7) is 1.70. The van der Waals surface area contributed by atoms with Gasteiger partial charge in [-0.25, -0.2) is 4.39 Å². The Labute approximate surface area is 77.5 Å². The molecule has 1 aliphatic carbocycles. The zero-order chi connectivity index (χ0) is 8.60. The molecule has 1 saturated carbocycles. The van der Waals surface area contributed by atoms with Gasteiger partial charge in [0, 0.05) is 17.8 Å². The van der Waals surface area contributed by atoms with Crippen molar-refractivity contribution in [2.75, 3.05) is 11.5 Å². The molecule has 1 atom stereocenters. The average Bonchev–Trinajstić information content (AvgIpc) is 2.35. The molecule has 2 fully saturated rings. The molecule has 0 amide bonds. The van der Waals surface area contributed by atoms with E-state index in [0.717, 1.165) is 0 Å². The van der Waals surface area contributed by atoms with Crippen molar-refractivity contribution < 1.29 is 4.39 Å². The van der Waals surface area contributed by atoms with Gasteiger partial charge in [0.1, 0.15) is 5.67 Å². The molecule has 0 aromatic carbocycles. The van der Waals surface area contributed by atoms with Crippen molar-refractivity contribution in [2.24, 2.45) is 0 Å². The van der Waals surface area contributed by atoms with E-state index in [9.17, 15) is 4.39 Å². The largest absolute Gasteiger partial charge is 0.310 e. The Morgan fingerprint density at radius 1 is 1.42 bits per heavy atom. The second-order valence-corrected chi connectivity index (χ2v) is 5.40. The summed E-state index contributed by atoms with van der Waals surface area (Å²) < 4.78 is 13.1. The third-order valence-electron chi connectivity index (χ3n) is 2.75. The van der Waals surface area contributed by atoms with Crippen LogP contribution in [0, 0.1) is 0 Å². The normalized spacial score (nSPS) is 47.5. The number of hydrogen-bond acceptors (Lipinski definition) is 2. The summed E-state index contributed by atoms with van der Waals surface area (Å²) in [5, 5.41) is 3.51. The maximum atomic E-state index is 13.1. The molecular weight excluding hydrogens is 173 g/mol. The fourth-order valence-electron chi connectivity index (χ4n) is 2.08. The van der Waals surface area contributed by atoms with E-state index in [4.69, 9.17) is 0 Å². The summed E-state index contributed by atoms with van der Waals surface area (Å²) in [6, 6.07) is 1.12. The molecule has 2 rings (SSSR count). The van der Waals surface area contributed by atoms with Gasteiger partial charge in [0.15, 0.2) is 0 Å². The lowest BCUT2D eigenvalue weighted by Gasteiger charge is -2.40. The first-order chi connectivity index (χ1) is 5.66. The molecule has 1 N–H and O–H groups in total. The molecule has 0 aromatic rings. The molecule has 70 valence electrons. The Hall–Kier alpha value is 0.240. The second-order valence-electron chi connectivity index (χ2n) is 4.25. The van der Waals surface area contributed by atoms with Crippen LogP contribution in [0.4, 0.5) is 4.39 Å². The van der Waals surface area contributed by atoms with E-state index in [0.29, 0.717) is 24.9 Å². The summed E-state index contributed by atoms with van der Waals surface area (Å²) in [5.41, 5.74) is -0.872. The molecular formula is C9H16FNS. The molecule has 1 heterocycles. The first-order valence-electron chi connectivity index (χ1n) is 4.68. The van der Waals surface area contributed by atoms with Gasteiger partial charge in [0.2, 0.25) is 0 Å². The molecule has 0 radical (unpaired) electrons. The summed E-state index contributed by atoms with van der Waals surface area (Å²) in [7, 11) is 0. The minimum Gasteiger partial charge on any atom is -0.310 e. The van der Waals surface area contributed by atoms with Crippen LogP contribution in [0.2, 0.25) is 0 Å². The molecule has 0 bridgehead atoms. The third kappa shape index (κ3) is 1.94. The van der Waals surface area contributed by atoms with Crippen LogP contribution >= 0.6 is 11.8 Å². The Bertz CT molecular complexity index is 158. The minimum atomic E-state index is -0.872. The highest BCUT2D eigenvalue weighted by molar-refractivity contribution is 7.99. The molecule has 3 heteroatoms. The van der Waals surface area contributed by atoms with E-state index in [2.05, 4.69) is 5.32 Å². The molecule has 0 spiro atoms. The van der Waals surface area contributed by atoms with Crippen LogP contribution < -0.4 is 5.32 Å². The van der Waals surface area contributed by atoms with Crippen molar-refractivity contribution in [2.45, 2.75) is 43.9 Å². The van der Waals surface area contributed by atoms with Gasteiger partial charge in [-0.15, -0.1) is 0 Å². The predicted molar refractivity (Wildman–Crippen MR) is 51.4 cm³/mol. The summed E-state index contributed by atoms with van der Waals surface area (Å²) in [5.74, 6) is 2.50. The fourth-order valence-corrected chi connectivity index (χ4v) is 3.25. The van der Waals surface area contributed by atoms with Crippen molar-refractivity contribution in [1.29, 1.82) is 0 Å². The van der Waals surface area contributed by atoms with Gasteiger partial charge in [-0.1, -0.05) is 0 Å². The fraction of sp³-hybridized carbons (Fsp3) is 1.00. The highest BCUT2D eigenvalue weighted by Crippen LogP contribution is 2.36. The zero-order valence-electron chi connectivity index (χ0n) is 7.48. The van der Waals surface area contributed by atoms with Crippen LogP contribution in [0.5, 0.6) is 0 Å². The van der Waals surface area contributed by atoms with Crippen molar-refractivity contribution in [3.8, 4) is 0 Å². The van der Waals surface area contributed by atoms with Crippen LogP contribution in [-0.2, 0) is 0 Å². The number of hydrogen-bond donors (Lipinski definition) is 1. The lowest BCUT2D eigenvalue weighted by molar-refractivity contribution is 0.0442. The van der Waals surface area contributed by atoms with Crippen molar-refractivity contribution in [3.05, 3.63) is 0 Å². The summed E-state index contributed by atoms with van der Waals surface area (Å²) in [4.78, 5) is 0. The van der Waals surface area contributed by atoms with E-state index in [-0.39, 0.29) is 0 Å². The van der Waals surface area contributed by atoms with E-state index < -0.39 is 5.67 Å². The molecule has 1 unspecified atom stereocenters. The molecule has 12 heavy (non-hydrogen) atoms. The summed E-state index contributed by atoms with van der Waals surface area (Å²) in [6.07, 6.45) is 2.70. The van der Waals surface area contributed by atoms with Crippen molar-refractivity contribution >= 4 is 11.8 Å². The van der Waals surface area contributed by atoms with Crippen LogP contribution in [0.3, 0.4) is 0 Å². The van der Waals surface area contributed by atoms with Crippen LogP contribution in [0.15, 0.2) is 0 Å². The number of thioether (sulfide) groups is 1. The first kappa shape index (κ1) is 8.82. The monoisotopic (exact) mass is 189 g/mol. The second kappa shape index (κ2) is 3.18. The molecule has 2 aliphatic rings. The van der Waals surface area contributed by atoms with Crippen molar-refractivity contribution in [1.82, 2.24) is 5.32 Å². The highest BCUT2D eigenvalue weighted by Gasteiger charge is 2.41. The van der Waals surface area contributed by atoms with Gasteiger partial charge >= 0.3 is 0 Å². The Kier molecular flexibility index (Phi) is 2.34. The topological polar surface area (TPSA) is 12.0 Å². The first-order valence-corrected chi connectivity index (χ1v) is 5.84. The number of alkyl halides is 1. The lowest BCUT2D eigenvalue weighted by Crippen LogP contribution is -2.52. The lowest BCUT2D eigenvalue weighted by atomic mass is 9.78. The van der Waals surface area contributed by atoms with E-state index >= 15 is 0 Å². The third-order valence-corrected chi connectivity index (χ3v) is 3.91. The maximum Gasteiger partial charge on any atom is 0.111 e. The van der Waals surface area contributed by atoms with Gasteiger partial charge < -0.3 is 5.32 Å². The predicted octanol–water partition coefficient (Wildman–Crippen LogP) is 1.97. The highest BCUT2D eigenvalue weighted by atomic mass is 32.2. The van der Waals surface area contributed by atoms with E-state index in [1.54, 1.807) is 6.92 Å².